The largest absolute Gasteiger partial charge is 0.354 e. The van der Waals surface area contributed by atoms with Crippen molar-refractivity contribution < 1.29 is 4.79 Å². The molecule has 0 radical (unpaired) electrons. The Kier molecular flexibility index (Phi) is 15.7. The van der Waals surface area contributed by atoms with Crippen LogP contribution < -0.4 is 5.32 Å². The molecule has 0 fully saturated rings. The summed E-state index contributed by atoms with van der Waals surface area (Å²) < 4.78 is 0. The van der Waals surface area contributed by atoms with Gasteiger partial charge in [-0.1, -0.05) is 83.0 Å². The second kappa shape index (κ2) is 16.4. The Bertz CT molecular complexity index is 836. The molecule has 1 N–H and O–H groups in total. The van der Waals surface area contributed by atoms with Gasteiger partial charge in [-0.2, -0.15) is 0 Å². The Morgan fingerprint density at radius 2 is 1.62 bits per heavy atom. The first kappa shape index (κ1) is 32.7. The van der Waals surface area contributed by atoms with Gasteiger partial charge in [-0.25, -0.2) is 0 Å². The highest BCUT2D eigenvalue weighted by Gasteiger charge is 2.38. The van der Waals surface area contributed by atoms with Gasteiger partial charge >= 0.3 is 0 Å². The van der Waals surface area contributed by atoms with E-state index in [1.54, 1.807) is 0 Å². The first-order valence-corrected chi connectivity index (χ1v) is 12.5. The van der Waals surface area contributed by atoms with Crippen molar-refractivity contribution in [2.45, 2.75) is 58.8 Å². The summed E-state index contributed by atoms with van der Waals surface area (Å²) in [7, 11) is 4.28. The van der Waals surface area contributed by atoms with Crippen LogP contribution in [0, 0.1) is 5.92 Å². The summed E-state index contributed by atoms with van der Waals surface area (Å²) in [5, 5.41) is 5.96. The number of carbonyl (C=O) groups excluding carboxylic acids is 1. The Labute approximate surface area is 220 Å². The lowest BCUT2D eigenvalue weighted by Gasteiger charge is -2.41. The van der Waals surface area contributed by atoms with E-state index in [0.29, 0.717) is 19.0 Å². The minimum absolute atomic E-state index is 0. The summed E-state index contributed by atoms with van der Waals surface area (Å²) in [5.41, 5.74) is 1.30. The third-order valence-corrected chi connectivity index (χ3v) is 7.22. The first-order chi connectivity index (χ1) is 15.4. The molecule has 2 atom stereocenters. The van der Waals surface area contributed by atoms with E-state index in [2.05, 4.69) is 99.4 Å². The number of nitrogens with one attached hydrogen (secondary N) is 1. The molecule has 0 saturated heterocycles. The quantitative estimate of drug-likeness (QED) is 0.308. The molecule has 1 amide bonds. The number of halogens is 2. The summed E-state index contributed by atoms with van der Waals surface area (Å²) >= 11 is 0. The number of likely N-dealkylation sites (N-methyl/N-ethyl adjacent to an activating group) is 1. The van der Waals surface area contributed by atoms with E-state index in [9.17, 15) is 4.79 Å². The van der Waals surface area contributed by atoms with Crippen molar-refractivity contribution in [3.05, 3.63) is 48.0 Å². The highest BCUT2D eigenvalue weighted by atomic mass is 35.5. The Hall–Kier alpha value is -1.33. The van der Waals surface area contributed by atoms with Crippen molar-refractivity contribution in [3.8, 4) is 0 Å². The van der Waals surface area contributed by atoms with Crippen molar-refractivity contribution in [2.24, 2.45) is 5.92 Å². The van der Waals surface area contributed by atoms with Gasteiger partial charge in [-0.3, -0.25) is 9.69 Å². The smallest absolute Gasteiger partial charge is 0.234 e. The molecule has 2 aromatic carbocycles. The van der Waals surface area contributed by atoms with Crippen LogP contribution in [0.3, 0.4) is 0 Å². The van der Waals surface area contributed by atoms with Crippen LogP contribution in [0.4, 0.5) is 0 Å². The fourth-order valence-electron chi connectivity index (χ4n) is 4.89. The fraction of sp³-hybridized carbons (Fsp3) is 0.607. The lowest BCUT2D eigenvalue weighted by atomic mass is 9.65. The first-order valence-electron chi connectivity index (χ1n) is 12.5. The summed E-state index contributed by atoms with van der Waals surface area (Å²) in [5.74, 6) is 0.594. The molecule has 34 heavy (non-hydrogen) atoms. The van der Waals surface area contributed by atoms with E-state index in [1.807, 2.05) is 0 Å². The van der Waals surface area contributed by atoms with Crippen molar-refractivity contribution in [3.63, 3.8) is 0 Å². The van der Waals surface area contributed by atoms with Crippen LogP contribution in [0.2, 0.25) is 0 Å². The monoisotopic (exact) mass is 511 g/mol. The van der Waals surface area contributed by atoms with Crippen molar-refractivity contribution >= 4 is 41.5 Å². The van der Waals surface area contributed by atoms with Gasteiger partial charge < -0.3 is 10.2 Å². The van der Waals surface area contributed by atoms with Gasteiger partial charge in [0.1, 0.15) is 0 Å². The molecular formula is C28H47Cl2N3O. The van der Waals surface area contributed by atoms with E-state index in [1.165, 1.54) is 22.8 Å². The number of fused-ring (bicyclic) bond motifs is 1. The average molecular weight is 513 g/mol. The molecule has 0 heterocycles. The lowest BCUT2D eigenvalue weighted by molar-refractivity contribution is -0.122. The third kappa shape index (κ3) is 8.71. The molecular weight excluding hydrogens is 465 g/mol. The molecule has 4 nitrogen and oxygen atoms in total. The molecule has 0 spiro atoms. The van der Waals surface area contributed by atoms with Gasteiger partial charge in [0.05, 0.1) is 6.54 Å². The molecule has 2 unspecified atom stereocenters. The lowest BCUT2D eigenvalue weighted by Crippen LogP contribution is -2.47. The second-order valence-corrected chi connectivity index (χ2v) is 9.49. The maximum atomic E-state index is 12.9. The zero-order valence-corrected chi connectivity index (χ0v) is 23.7. The maximum Gasteiger partial charge on any atom is 0.234 e. The molecule has 6 heteroatoms. The van der Waals surface area contributed by atoms with Gasteiger partial charge in [0.2, 0.25) is 5.91 Å². The van der Waals surface area contributed by atoms with Gasteiger partial charge in [0, 0.05) is 12.0 Å². The summed E-state index contributed by atoms with van der Waals surface area (Å²) in [6.45, 7) is 12.9. The number of amides is 1. The maximum absolute atomic E-state index is 12.9. The molecule has 194 valence electrons. The van der Waals surface area contributed by atoms with Crippen molar-refractivity contribution in [1.82, 2.24) is 15.1 Å². The number of hydrogen-bond acceptors (Lipinski definition) is 3. The number of hydrogen-bond donors (Lipinski definition) is 1. The molecule has 2 aromatic rings. The molecule has 0 aliphatic rings. The summed E-state index contributed by atoms with van der Waals surface area (Å²) in [6, 6.07) is 15.4. The van der Waals surface area contributed by atoms with Gasteiger partial charge in [0.15, 0.2) is 0 Å². The van der Waals surface area contributed by atoms with E-state index in [4.69, 9.17) is 0 Å². The molecule has 0 saturated carbocycles. The van der Waals surface area contributed by atoms with Gasteiger partial charge in [-0.15, -0.1) is 24.8 Å². The number of benzene rings is 2. The fourth-order valence-corrected chi connectivity index (χ4v) is 4.89. The van der Waals surface area contributed by atoms with Crippen molar-refractivity contribution in [2.75, 3.05) is 46.8 Å². The Balaban J connectivity index is 0.00000544. The highest BCUT2D eigenvalue weighted by Crippen LogP contribution is 2.42. The topological polar surface area (TPSA) is 35.6 Å². The molecule has 0 aliphatic heterocycles. The Morgan fingerprint density at radius 1 is 0.971 bits per heavy atom. The van der Waals surface area contributed by atoms with E-state index in [0.717, 1.165) is 38.9 Å². The van der Waals surface area contributed by atoms with Crippen molar-refractivity contribution in [1.29, 1.82) is 0 Å². The van der Waals surface area contributed by atoms with Crippen LogP contribution in [-0.4, -0.2) is 62.5 Å². The zero-order valence-electron chi connectivity index (χ0n) is 22.1. The molecule has 0 aliphatic carbocycles. The number of unbranched alkanes of at least 4 members (excludes halogenated alkanes) is 1. The predicted octanol–water partition coefficient (Wildman–Crippen LogP) is 6.16. The standard InChI is InChI=1S/C28H45N3O.2ClH/c1-7-23(4)28(19-12-13-20-30(5)6,22-29-27(32)21-31(8-2)9-3)26-18-14-16-24-15-10-11-17-25(24)26;;/h10-11,14-18,23H,7-9,12-13,19-22H2,1-6H3,(H,29,32);2*1H. The summed E-state index contributed by atoms with van der Waals surface area (Å²) in [4.78, 5) is 17.3. The minimum atomic E-state index is -0.0825. The van der Waals surface area contributed by atoms with Crippen LogP contribution in [-0.2, 0) is 10.2 Å². The third-order valence-electron chi connectivity index (χ3n) is 7.22. The van der Waals surface area contributed by atoms with E-state index >= 15 is 0 Å². The minimum Gasteiger partial charge on any atom is -0.354 e. The second-order valence-electron chi connectivity index (χ2n) is 9.49. The highest BCUT2D eigenvalue weighted by molar-refractivity contribution is 5.87. The number of carbonyl (C=O) groups is 1. The Morgan fingerprint density at radius 3 is 2.24 bits per heavy atom. The van der Waals surface area contributed by atoms with Crippen LogP contribution in [0.1, 0.15) is 58.9 Å². The molecule has 2 rings (SSSR count). The van der Waals surface area contributed by atoms with E-state index in [-0.39, 0.29) is 36.1 Å². The number of nitrogens with zero attached hydrogens (tertiary/aromatic N) is 2. The van der Waals surface area contributed by atoms with E-state index < -0.39 is 0 Å². The summed E-state index contributed by atoms with van der Waals surface area (Å²) in [6.07, 6.45) is 4.49. The SMILES string of the molecule is CCC(C)C(CCCCN(C)C)(CNC(=O)CN(CC)CC)c1cccc2ccccc12.Cl.Cl. The van der Waals surface area contributed by atoms with Crippen LogP contribution >= 0.6 is 24.8 Å². The van der Waals surface area contributed by atoms with Crippen LogP contribution in [0.25, 0.3) is 10.8 Å². The zero-order chi connectivity index (χ0) is 23.6. The molecule has 0 aromatic heterocycles. The molecule has 0 bridgehead atoms. The average Bonchev–Trinajstić information content (AvgIpc) is 2.81. The van der Waals surface area contributed by atoms with Gasteiger partial charge in [0.25, 0.3) is 0 Å². The predicted molar refractivity (Wildman–Crippen MR) is 153 cm³/mol. The number of rotatable bonds is 14. The van der Waals surface area contributed by atoms with Gasteiger partial charge in [-0.05, 0) is 68.8 Å². The van der Waals surface area contributed by atoms with Crippen LogP contribution in [0.15, 0.2) is 42.5 Å². The van der Waals surface area contributed by atoms with Crippen LogP contribution in [0.5, 0.6) is 0 Å². The normalized spacial score (nSPS) is 13.8.